The van der Waals surface area contributed by atoms with Gasteiger partial charge in [-0.05, 0) is 18.7 Å². The molecule has 0 spiro atoms. The van der Waals surface area contributed by atoms with Crippen LogP contribution in [0, 0.1) is 10.8 Å². The smallest absolute Gasteiger partial charge is 0.296 e. The standard InChI is InChI=1S/C8H12BrNO3S/c1-8(2,14(3,12)13)6-10-7(11)4-5-9/h6H2,1-3H3,(H,10,11). The van der Waals surface area contributed by atoms with E-state index in [9.17, 15) is 13.2 Å². The van der Waals surface area contributed by atoms with E-state index in [-0.39, 0.29) is 6.54 Å². The van der Waals surface area contributed by atoms with E-state index in [1.165, 1.54) is 0 Å². The number of nitrogens with one attached hydrogen (secondary N) is 1. The van der Waals surface area contributed by atoms with Gasteiger partial charge in [0.1, 0.15) is 0 Å². The zero-order chi connectivity index (χ0) is 11.4. The third kappa shape index (κ3) is 4.11. The lowest BCUT2D eigenvalue weighted by molar-refractivity contribution is -0.115. The van der Waals surface area contributed by atoms with Gasteiger partial charge >= 0.3 is 0 Å². The second-order valence-electron chi connectivity index (χ2n) is 3.43. The summed E-state index contributed by atoms with van der Waals surface area (Å²) in [7, 11) is -3.19. The highest BCUT2D eigenvalue weighted by molar-refractivity contribution is 9.12. The third-order valence-electron chi connectivity index (χ3n) is 1.84. The van der Waals surface area contributed by atoms with Crippen molar-refractivity contribution in [1.82, 2.24) is 5.32 Å². The molecule has 6 heteroatoms. The minimum Gasteiger partial charge on any atom is -0.344 e. The van der Waals surface area contributed by atoms with Crippen LogP contribution in [0.5, 0.6) is 0 Å². The normalized spacial score (nSPS) is 11.4. The molecule has 0 saturated carbocycles. The van der Waals surface area contributed by atoms with E-state index < -0.39 is 20.5 Å². The van der Waals surface area contributed by atoms with Crippen LogP contribution in [0.1, 0.15) is 13.8 Å². The van der Waals surface area contributed by atoms with Gasteiger partial charge in [0.2, 0.25) is 0 Å². The number of hydrogen-bond donors (Lipinski definition) is 1. The largest absolute Gasteiger partial charge is 0.344 e. The van der Waals surface area contributed by atoms with E-state index in [2.05, 4.69) is 32.0 Å². The quantitative estimate of drug-likeness (QED) is 0.756. The molecule has 14 heavy (non-hydrogen) atoms. The lowest BCUT2D eigenvalue weighted by Gasteiger charge is -2.21. The van der Waals surface area contributed by atoms with Crippen molar-refractivity contribution in [3.05, 3.63) is 0 Å². The van der Waals surface area contributed by atoms with Gasteiger partial charge in [-0.3, -0.25) is 4.79 Å². The lowest BCUT2D eigenvalue weighted by atomic mass is 10.2. The van der Waals surface area contributed by atoms with E-state index in [1.807, 2.05) is 0 Å². The molecule has 0 fully saturated rings. The Kier molecular flexibility index (Phi) is 4.62. The highest BCUT2D eigenvalue weighted by Crippen LogP contribution is 2.12. The summed E-state index contributed by atoms with van der Waals surface area (Å²) in [5, 5.41) is 2.41. The fourth-order valence-corrected chi connectivity index (χ4v) is 1.03. The Balaban J connectivity index is 4.40. The van der Waals surface area contributed by atoms with Crippen LogP contribution in [0.25, 0.3) is 0 Å². The molecule has 0 rings (SSSR count). The Labute approximate surface area is 92.5 Å². The van der Waals surface area contributed by atoms with Crippen LogP contribution in [-0.4, -0.2) is 31.9 Å². The van der Waals surface area contributed by atoms with Gasteiger partial charge in [-0.25, -0.2) is 8.42 Å². The molecule has 80 valence electrons. The van der Waals surface area contributed by atoms with Gasteiger partial charge in [0.15, 0.2) is 9.84 Å². The topological polar surface area (TPSA) is 63.2 Å². The molecular formula is C8H12BrNO3S. The van der Waals surface area contributed by atoms with Crippen molar-refractivity contribution in [1.29, 1.82) is 0 Å². The average molecular weight is 282 g/mol. The number of carbonyl (C=O) groups excluding carboxylic acids is 1. The van der Waals surface area contributed by atoms with Gasteiger partial charge in [-0.1, -0.05) is 0 Å². The molecule has 4 nitrogen and oxygen atoms in total. The molecule has 0 aromatic rings. The van der Waals surface area contributed by atoms with Gasteiger partial charge in [-0.2, -0.15) is 0 Å². The Hall–Kier alpha value is -0.540. The number of hydrogen-bond acceptors (Lipinski definition) is 3. The van der Waals surface area contributed by atoms with Gasteiger partial charge in [0.25, 0.3) is 5.91 Å². The minimum atomic E-state index is -3.19. The number of halogens is 1. The van der Waals surface area contributed by atoms with Crippen molar-refractivity contribution < 1.29 is 13.2 Å². The van der Waals surface area contributed by atoms with Crippen LogP contribution in [0.3, 0.4) is 0 Å². The minimum absolute atomic E-state index is 0.0480. The first-order chi connectivity index (χ1) is 6.20. The maximum Gasteiger partial charge on any atom is 0.296 e. The molecule has 0 saturated heterocycles. The van der Waals surface area contributed by atoms with Crippen molar-refractivity contribution in [2.45, 2.75) is 18.6 Å². The van der Waals surface area contributed by atoms with Crippen LogP contribution in [0.4, 0.5) is 0 Å². The summed E-state index contributed by atoms with van der Waals surface area (Å²) in [6, 6.07) is 0. The molecule has 0 aromatic heterocycles. The summed E-state index contributed by atoms with van der Waals surface area (Å²) in [4.78, 5) is 13.2. The maximum absolute atomic E-state index is 11.2. The molecule has 0 bridgehead atoms. The van der Waals surface area contributed by atoms with Crippen molar-refractivity contribution in [3.63, 3.8) is 0 Å². The number of sulfone groups is 1. The Bertz CT molecular complexity index is 375. The molecule has 0 unspecified atom stereocenters. The van der Waals surface area contributed by atoms with E-state index in [0.717, 1.165) is 6.26 Å². The van der Waals surface area contributed by atoms with Gasteiger partial charge < -0.3 is 5.32 Å². The first-order valence-corrected chi connectivity index (χ1v) is 6.48. The van der Waals surface area contributed by atoms with Crippen LogP contribution in [0.15, 0.2) is 0 Å². The number of carbonyl (C=O) groups is 1. The highest BCUT2D eigenvalue weighted by atomic mass is 79.9. The van der Waals surface area contributed by atoms with E-state index >= 15 is 0 Å². The SMILES string of the molecule is CC(C)(CNC(=O)C#CBr)S(C)(=O)=O. The molecule has 1 N–H and O–H groups in total. The van der Waals surface area contributed by atoms with E-state index in [0.29, 0.717) is 0 Å². The Morgan fingerprint density at radius 3 is 2.36 bits per heavy atom. The molecule has 0 radical (unpaired) electrons. The summed E-state index contributed by atoms with van der Waals surface area (Å²) in [5.41, 5.74) is 0. The van der Waals surface area contributed by atoms with Crippen LogP contribution < -0.4 is 5.32 Å². The monoisotopic (exact) mass is 281 g/mol. The fraction of sp³-hybridized carbons (Fsp3) is 0.625. The van der Waals surface area contributed by atoms with Gasteiger partial charge in [0, 0.05) is 34.7 Å². The molecule has 0 aliphatic heterocycles. The summed E-state index contributed by atoms with van der Waals surface area (Å²) in [5.74, 6) is 1.69. The van der Waals surface area contributed by atoms with Crippen molar-refractivity contribution >= 4 is 31.7 Å². The lowest BCUT2D eigenvalue weighted by Crippen LogP contribution is -2.43. The molecule has 0 aliphatic rings. The third-order valence-corrected chi connectivity index (χ3v) is 4.19. The number of amides is 1. The van der Waals surface area contributed by atoms with Gasteiger partial charge in [0.05, 0.1) is 4.75 Å². The second-order valence-corrected chi connectivity index (χ2v) is 6.48. The summed E-state index contributed by atoms with van der Waals surface area (Å²) < 4.78 is 21.5. The summed E-state index contributed by atoms with van der Waals surface area (Å²) in [6.07, 6.45) is 1.13. The van der Waals surface area contributed by atoms with Crippen molar-refractivity contribution in [2.24, 2.45) is 0 Å². The maximum atomic E-state index is 11.2. The van der Waals surface area contributed by atoms with E-state index in [1.54, 1.807) is 13.8 Å². The Morgan fingerprint density at radius 1 is 1.50 bits per heavy atom. The van der Waals surface area contributed by atoms with Crippen molar-refractivity contribution in [3.8, 4) is 10.8 Å². The van der Waals surface area contributed by atoms with Crippen LogP contribution in [0.2, 0.25) is 0 Å². The fourth-order valence-electron chi connectivity index (χ4n) is 0.511. The Morgan fingerprint density at radius 2 is 2.00 bits per heavy atom. The van der Waals surface area contributed by atoms with E-state index in [4.69, 9.17) is 0 Å². The highest BCUT2D eigenvalue weighted by Gasteiger charge is 2.30. The predicted octanol–water partition coefficient (Wildman–Crippen LogP) is 0.282. The first-order valence-electron chi connectivity index (χ1n) is 3.80. The second kappa shape index (κ2) is 4.80. The van der Waals surface area contributed by atoms with Gasteiger partial charge in [-0.15, -0.1) is 0 Å². The number of rotatable bonds is 3. The van der Waals surface area contributed by atoms with Crippen molar-refractivity contribution in [2.75, 3.05) is 12.8 Å². The first kappa shape index (κ1) is 13.5. The molecule has 0 heterocycles. The van der Waals surface area contributed by atoms with Crippen LogP contribution in [-0.2, 0) is 14.6 Å². The zero-order valence-corrected chi connectivity index (χ0v) is 10.6. The zero-order valence-electron chi connectivity index (χ0n) is 8.22. The molecule has 0 aromatic carbocycles. The molecular weight excluding hydrogens is 270 g/mol. The molecule has 1 amide bonds. The molecule has 0 aliphatic carbocycles. The average Bonchev–Trinajstić information content (AvgIpc) is 1.99. The summed E-state index contributed by atoms with van der Waals surface area (Å²) >= 11 is 2.77. The predicted molar refractivity (Wildman–Crippen MR) is 58.6 cm³/mol. The van der Waals surface area contributed by atoms with Crippen LogP contribution >= 0.6 is 15.9 Å². The summed E-state index contributed by atoms with van der Waals surface area (Å²) in [6.45, 7) is 3.14. The molecule has 0 atom stereocenters.